The standard InChI is InChI=1S/C28H31N3O8/c29-26(37)20-23(34)21(31-9-27(10-31)11-39-12-27)15-8-13-7-14-16(30-5-1-2-6-30)3-4-17(32)19(14)22(33)18(13)24(35)28(15,38)25(20)36/h3-4,13,15,21,32-33,36,38H,1-2,5-12H2,(H2,29,37)/t13-,15-,21+,28-/m0/s1. The summed E-state index contributed by atoms with van der Waals surface area (Å²) in [5.74, 6) is -6.25. The van der Waals surface area contributed by atoms with E-state index >= 15 is 0 Å². The first-order chi connectivity index (χ1) is 18.6. The quantitative estimate of drug-likeness (QED) is 0.338. The average molecular weight is 538 g/mol. The van der Waals surface area contributed by atoms with Crippen LogP contribution < -0.4 is 10.6 Å². The maximum Gasteiger partial charge on any atom is 0.255 e. The predicted molar refractivity (Wildman–Crippen MR) is 137 cm³/mol. The number of phenolic OH excluding ortho intramolecular Hbond substituents is 1. The molecule has 206 valence electrons. The Labute approximate surface area is 224 Å². The number of aromatic hydroxyl groups is 1. The second kappa shape index (κ2) is 8.06. The number of ether oxygens (including phenoxy) is 1. The van der Waals surface area contributed by atoms with Gasteiger partial charge in [0.25, 0.3) is 5.91 Å². The number of hydrogen-bond acceptors (Lipinski definition) is 10. The van der Waals surface area contributed by atoms with Gasteiger partial charge in [0, 0.05) is 48.8 Å². The number of rotatable bonds is 3. The van der Waals surface area contributed by atoms with Gasteiger partial charge in [-0.1, -0.05) is 0 Å². The number of anilines is 1. The first kappa shape index (κ1) is 24.6. The molecule has 1 saturated carbocycles. The van der Waals surface area contributed by atoms with Gasteiger partial charge in [-0.15, -0.1) is 0 Å². The van der Waals surface area contributed by atoms with Gasteiger partial charge in [0.15, 0.2) is 11.4 Å². The van der Waals surface area contributed by atoms with Gasteiger partial charge in [-0.25, -0.2) is 0 Å². The van der Waals surface area contributed by atoms with Crippen LogP contribution in [0.3, 0.4) is 0 Å². The molecule has 1 amide bonds. The number of amides is 1. The zero-order valence-electron chi connectivity index (χ0n) is 21.4. The van der Waals surface area contributed by atoms with Gasteiger partial charge >= 0.3 is 0 Å². The van der Waals surface area contributed by atoms with Gasteiger partial charge in [0.1, 0.15) is 22.8 Å². The number of benzene rings is 1. The molecule has 39 heavy (non-hydrogen) atoms. The van der Waals surface area contributed by atoms with Crippen molar-refractivity contribution in [1.29, 1.82) is 0 Å². The van der Waals surface area contributed by atoms with Crippen LogP contribution in [0.25, 0.3) is 5.76 Å². The number of nitrogens with two attached hydrogens (primary N) is 1. The number of primary amides is 1. The Bertz CT molecular complexity index is 1400. The van der Waals surface area contributed by atoms with Crippen molar-refractivity contribution < 1.29 is 39.5 Å². The highest BCUT2D eigenvalue weighted by molar-refractivity contribution is 6.24. The summed E-state index contributed by atoms with van der Waals surface area (Å²) in [5.41, 5.74) is 3.57. The molecule has 3 heterocycles. The fourth-order valence-electron chi connectivity index (χ4n) is 7.89. The Morgan fingerprint density at radius 1 is 1.08 bits per heavy atom. The summed E-state index contributed by atoms with van der Waals surface area (Å²) in [4.78, 5) is 44.0. The highest BCUT2D eigenvalue weighted by atomic mass is 16.5. The Kier molecular flexibility index (Phi) is 5.09. The van der Waals surface area contributed by atoms with E-state index in [-0.39, 0.29) is 28.7 Å². The number of aliphatic hydroxyl groups excluding tert-OH is 2. The second-order valence-corrected chi connectivity index (χ2v) is 12.0. The molecule has 3 aliphatic heterocycles. The summed E-state index contributed by atoms with van der Waals surface area (Å²) in [6.07, 6.45) is 2.46. The Balaban J connectivity index is 1.36. The number of hydrogen-bond donors (Lipinski definition) is 5. The predicted octanol–water partition coefficient (Wildman–Crippen LogP) is 0.335. The van der Waals surface area contributed by atoms with Gasteiger partial charge in [-0.05, 0) is 49.3 Å². The molecule has 11 heteroatoms. The lowest BCUT2D eigenvalue weighted by Gasteiger charge is -2.60. The van der Waals surface area contributed by atoms with Crippen molar-refractivity contribution in [1.82, 2.24) is 4.90 Å². The minimum Gasteiger partial charge on any atom is -0.508 e. The smallest absolute Gasteiger partial charge is 0.255 e. The van der Waals surface area contributed by atoms with Crippen LogP contribution in [0.1, 0.15) is 30.4 Å². The summed E-state index contributed by atoms with van der Waals surface area (Å²) in [5, 5.41) is 45.2. The largest absolute Gasteiger partial charge is 0.508 e. The third kappa shape index (κ3) is 3.12. The second-order valence-electron chi connectivity index (χ2n) is 12.0. The van der Waals surface area contributed by atoms with E-state index in [1.807, 2.05) is 11.0 Å². The molecule has 6 aliphatic rings. The zero-order valence-corrected chi connectivity index (χ0v) is 21.4. The van der Waals surface area contributed by atoms with E-state index in [0.29, 0.717) is 38.3 Å². The molecule has 6 N–H and O–H groups in total. The molecule has 3 aliphatic carbocycles. The summed E-state index contributed by atoms with van der Waals surface area (Å²) in [6.45, 7) is 3.75. The number of Topliss-reactive ketones (excluding diaryl/α,β-unsaturated/α-hetero) is 2. The van der Waals surface area contributed by atoms with Crippen molar-refractivity contribution in [3.8, 4) is 5.75 Å². The minimum atomic E-state index is -2.62. The number of aliphatic hydroxyl groups is 3. The van der Waals surface area contributed by atoms with Crippen LogP contribution in [0.4, 0.5) is 5.69 Å². The topological polar surface area (TPSA) is 174 Å². The summed E-state index contributed by atoms with van der Waals surface area (Å²) in [7, 11) is 0. The molecule has 1 aromatic rings. The summed E-state index contributed by atoms with van der Waals surface area (Å²) in [6, 6.07) is 2.26. The van der Waals surface area contributed by atoms with E-state index in [1.54, 1.807) is 0 Å². The maximum atomic E-state index is 14.1. The number of phenols is 1. The third-order valence-corrected chi connectivity index (χ3v) is 9.76. The van der Waals surface area contributed by atoms with Crippen molar-refractivity contribution >= 4 is 28.9 Å². The molecule has 3 saturated heterocycles. The Morgan fingerprint density at radius 2 is 1.77 bits per heavy atom. The van der Waals surface area contributed by atoms with Gasteiger partial charge < -0.3 is 35.8 Å². The maximum absolute atomic E-state index is 14.1. The normalized spacial score (nSPS) is 33.5. The molecule has 7 rings (SSSR count). The summed E-state index contributed by atoms with van der Waals surface area (Å²) >= 11 is 0. The number of fused-ring (bicyclic) bond motifs is 3. The molecule has 1 spiro atoms. The van der Waals surface area contributed by atoms with E-state index in [4.69, 9.17) is 10.5 Å². The van der Waals surface area contributed by atoms with Crippen molar-refractivity contribution in [2.45, 2.75) is 37.3 Å². The van der Waals surface area contributed by atoms with E-state index in [9.17, 15) is 34.8 Å². The van der Waals surface area contributed by atoms with E-state index in [1.165, 1.54) is 6.07 Å². The number of likely N-dealkylation sites (tertiary alicyclic amines) is 1. The molecular weight excluding hydrogens is 506 g/mol. The lowest BCUT2D eigenvalue weighted by atomic mass is 9.56. The van der Waals surface area contributed by atoms with Crippen molar-refractivity contribution in [3.63, 3.8) is 0 Å². The third-order valence-electron chi connectivity index (χ3n) is 9.76. The lowest BCUT2D eigenvalue weighted by molar-refractivity contribution is -0.211. The van der Waals surface area contributed by atoms with Crippen LogP contribution in [-0.2, 0) is 25.5 Å². The van der Waals surface area contributed by atoms with E-state index in [2.05, 4.69) is 4.90 Å². The van der Waals surface area contributed by atoms with Crippen LogP contribution in [0.15, 0.2) is 29.0 Å². The Hall–Kier alpha value is -3.41. The molecule has 0 unspecified atom stereocenters. The summed E-state index contributed by atoms with van der Waals surface area (Å²) < 4.78 is 5.34. The lowest BCUT2D eigenvalue weighted by Crippen LogP contribution is -2.74. The number of nitrogens with zero attached hydrogens (tertiary/aromatic N) is 2. The Morgan fingerprint density at radius 3 is 2.38 bits per heavy atom. The molecule has 0 radical (unpaired) electrons. The van der Waals surface area contributed by atoms with Crippen LogP contribution >= 0.6 is 0 Å². The minimum absolute atomic E-state index is 0.0948. The average Bonchev–Trinajstić information content (AvgIpc) is 3.36. The van der Waals surface area contributed by atoms with Crippen LogP contribution in [0.5, 0.6) is 5.75 Å². The fourth-order valence-corrected chi connectivity index (χ4v) is 7.89. The highest BCUT2D eigenvalue weighted by Crippen LogP contribution is 2.55. The molecule has 0 bridgehead atoms. The molecule has 4 atom stereocenters. The molecular formula is C28H31N3O8. The first-order valence-corrected chi connectivity index (χ1v) is 13.5. The van der Waals surface area contributed by atoms with Crippen LogP contribution in [-0.4, -0.2) is 93.8 Å². The zero-order chi connectivity index (χ0) is 27.4. The SMILES string of the molecule is NC(=O)C1=C(O)[C@@]2(O)C(=O)C3=C(O)c4c(O)ccc(N5CCCC5)c4C[C@H]3C[C@H]2[C@@H](N2CC3(COC3)C2)C1=O. The van der Waals surface area contributed by atoms with Crippen LogP contribution in [0.2, 0.25) is 0 Å². The van der Waals surface area contributed by atoms with Gasteiger partial charge in [0.2, 0.25) is 5.78 Å². The van der Waals surface area contributed by atoms with Gasteiger partial charge in [0.05, 0.1) is 24.8 Å². The highest BCUT2D eigenvalue weighted by Gasteiger charge is 2.66. The van der Waals surface area contributed by atoms with Crippen molar-refractivity contribution in [2.24, 2.45) is 23.0 Å². The first-order valence-electron chi connectivity index (χ1n) is 13.5. The monoisotopic (exact) mass is 537 g/mol. The molecule has 4 fully saturated rings. The molecule has 11 nitrogen and oxygen atoms in total. The fraction of sp³-hybridized carbons (Fsp3) is 0.536. The molecule has 0 aromatic heterocycles. The number of carbonyl (C=O) groups excluding carboxylic acids is 3. The van der Waals surface area contributed by atoms with Crippen LogP contribution in [0, 0.1) is 17.3 Å². The van der Waals surface area contributed by atoms with Crippen molar-refractivity contribution in [3.05, 3.63) is 40.2 Å². The van der Waals surface area contributed by atoms with Crippen molar-refractivity contribution in [2.75, 3.05) is 44.3 Å². The molecule has 1 aromatic carbocycles. The van der Waals surface area contributed by atoms with E-state index in [0.717, 1.165) is 31.6 Å². The number of carbonyl (C=O) groups is 3. The van der Waals surface area contributed by atoms with Gasteiger partial charge in [-0.2, -0.15) is 0 Å². The van der Waals surface area contributed by atoms with E-state index < -0.39 is 58.0 Å². The number of ketones is 2. The van der Waals surface area contributed by atoms with Gasteiger partial charge in [-0.3, -0.25) is 19.3 Å².